The third-order valence-electron chi connectivity index (χ3n) is 0.450. The van der Waals surface area contributed by atoms with Gasteiger partial charge in [0.1, 0.15) is 0 Å². The van der Waals surface area contributed by atoms with Crippen LogP contribution in [0.15, 0.2) is 0 Å². The molecule has 0 aliphatic heterocycles. The molecule has 1 amide bonds. The number of amides is 1. The molecular weight excluding hydrogens is 124 g/mol. The highest BCUT2D eigenvalue weighted by atomic mass is 32.2. The highest BCUT2D eigenvalue weighted by Crippen LogP contribution is 2.00. The van der Waals surface area contributed by atoms with Crippen molar-refractivity contribution < 1.29 is 4.79 Å². The first kappa shape index (κ1) is 7.49. The molecule has 0 heterocycles. The van der Waals surface area contributed by atoms with Gasteiger partial charge < -0.3 is 5.32 Å². The Morgan fingerprint density at radius 1 is 1.75 bits per heavy atom. The number of hydrogen-bond acceptors (Lipinski definition) is 3. The van der Waals surface area contributed by atoms with Gasteiger partial charge in [-0.2, -0.15) is 0 Å². The van der Waals surface area contributed by atoms with Gasteiger partial charge in [0.25, 0.3) is 5.24 Å². The van der Waals surface area contributed by atoms with E-state index in [2.05, 4.69) is 5.32 Å². The largest absolute Gasteiger partial charge is 0.350 e. The van der Waals surface area contributed by atoms with Crippen LogP contribution in [-0.4, -0.2) is 17.3 Å². The minimum absolute atomic E-state index is 0.183. The van der Waals surface area contributed by atoms with Crippen LogP contribution >= 0.6 is 11.8 Å². The van der Waals surface area contributed by atoms with Crippen molar-refractivity contribution in [2.45, 2.75) is 6.92 Å². The zero-order valence-corrected chi connectivity index (χ0v) is 5.63. The smallest absolute Gasteiger partial charge is 0.284 e. The van der Waals surface area contributed by atoms with E-state index in [-0.39, 0.29) is 5.24 Å². The summed E-state index contributed by atoms with van der Waals surface area (Å²) in [6, 6.07) is 0. The average Bonchev–Trinajstić information content (AvgIpc) is 1.65. The van der Waals surface area contributed by atoms with Crippen molar-refractivity contribution in [3.63, 3.8) is 0 Å². The first-order chi connectivity index (χ1) is 3.66. The van der Waals surface area contributed by atoms with Gasteiger partial charge >= 0.3 is 0 Å². The Morgan fingerprint density at radius 3 is 2.38 bits per heavy atom. The minimum Gasteiger partial charge on any atom is -0.350 e. The monoisotopic (exact) mass is 132 g/mol. The van der Waals surface area contributed by atoms with Crippen LogP contribution < -0.4 is 5.32 Å². The third-order valence-corrected chi connectivity index (χ3v) is 1.15. The number of thioether (sulfide) groups is 1. The van der Waals surface area contributed by atoms with E-state index in [1.165, 1.54) is 7.05 Å². The van der Waals surface area contributed by atoms with Crippen LogP contribution in [0.1, 0.15) is 6.92 Å². The molecule has 8 heavy (non-hydrogen) atoms. The van der Waals surface area contributed by atoms with E-state index in [0.717, 1.165) is 11.8 Å². The topological polar surface area (TPSA) is 53.0 Å². The van der Waals surface area contributed by atoms with E-state index in [0.29, 0.717) is 5.04 Å². The molecule has 0 aromatic carbocycles. The first-order valence-corrected chi connectivity index (χ1v) is 2.93. The fourth-order valence-electron chi connectivity index (χ4n) is 0.190. The van der Waals surface area contributed by atoms with Crippen molar-refractivity contribution in [1.29, 1.82) is 5.41 Å². The number of carbonyl (C=O) groups excluding carboxylic acids is 1. The van der Waals surface area contributed by atoms with Crippen LogP contribution in [-0.2, 0) is 0 Å². The van der Waals surface area contributed by atoms with Crippen molar-refractivity contribution in [1.82, 2.24) is 5.32 Å². The molecule has 0 aromatic rings. The van der Waals surface area contributed by atoms with E-state index in [4.69, 9.17) is 5.41 Å². The van der Waals surface area contributed by atoms with Gasteiger partial charge in [-0.25, -0.2) is 0 Å². The Bertz CT molecular complexity index is 113. The van der Waals surface area contributed by atoms with Gasteiger partial charge in [-0.1, -0.05) is 0 Å². The van der Waals surface area contributed by atoms with Crippen LogP contribution in [0.5, 0.6) is 0 Å². The lowest BCUT2D eigenvalue weighted by molar-refractivity contribution is 0.262. The molecule has 0 aliphatic rings. The lowest BCUT2D eigenvalue weighted by atomic mass is 10.9. The van der Waals surface area contributed by atoms with Crippen molar-refractivity contribution in [3.8, 4) is 0 Å². The fourth-order valence-corrected chi connectivity index (χ4v) is 0.570. The predicted octanol–water partition coefficient (Wildman–Crippen LogP) is 1.06. The molecule has 0 spiro atoms. The molecule has 0 fully saturated rings. The molecule has 2 N–H and O–H groups in total. The van der Waals surface area contributed by atoms with E-state index in [9.17, 15) is 4.79 Å². The van der Waals surface area contributed by atoms with Crippen molar-refractivity contribution in [2.24, 2.45) is 0 Å². The molecule has 3 nitrogen and oxygen atoms in total. The number of hydrogen-bond donors (Lipinski definition) is 2. The molecule has 4 heteroatoms. The zero-order chi connectivity index (χ0) is 6.57. The maximum absolute atomic E-state index is 10.3. The maximum Gasteiger partial charge on any atom is 0.284 e. The lowest BCUT2D eigenvalue weighted by Crippen LogP contribution is -2.12. The van der Waals surface area contributed by atoms with Gasteiger partial charge in [0.05, 0.1) is 5.04 Å². The van der Waals surface area contributed by atoms with Crippen LogP contribution in [0.3, 0.4) is 0 Å². The standard InChI is InChI=1S/C4H8N2OS/c1-3(5)8-4(7)6-2/h5H,1-2H3,(H,6,7). The SMILES string of the molecule is CNC(=O)SC(C)=N. The normalized spacial score (nSPS) is 8.25. The van der Waals surface area contributed by atoms with Gasteiger partial charge in [-0.15, -0.1) is 0 Å². The van der Waals surface area contributed by atoms with Crippen molar-refractivity contribution in [3.05, 3.63) is 0 Å². The molecule has 0 rings (SSSR count). The summed E-state index contributed by atoms with van der Waals surface area (Å²) in [5.41, 5.74) is 0. The molecule has 0 atom stereocenters. The first-order valence-electron chi connectivity index (χ1n) is 2.11. The maximum atomic E-state index is 10.3. The third kappa shape index (κ3) is 3.67. The summed E-state index contributed by atoms with van der Waals surface area (Å²) in [6.07, 6.45) is 0. The molecule has 0 bridgehead atoms. The summed E-state index contributed by atoms with van der Waals surface area (Å²) in [7, 11) is 1.54. The number of nitrogens with one attached hydrogen (secondary N) is 2. The molecule has 0 unspecified atom stereocenters. The van der Waals surface area contributed by atoms with Crippen LogP contribution in [0, 0.1) is 5.41 Å². The van der Waals surface area contributed by atoms with Crippen LogP contribution in [0.25, 0.3) is 0 Å². The van der Waals surface area contributed by atoms with Crippen LogP contribution in [0.4, 0.5) is 4.79 Å². The van der Waals surface area contributed by atoms with Gasteiger partial charge in [0.15, 0.2) is 0 Å². The summed E-state index contributed by atoms with van der Waals surface area (Å²) in [5, 5.41) is 9.34. The molecule has 46 valence electrons. The minimum atomic E-state index is -0.183. The lowest BCUT2D eigenvalue weighted by Gasteiger charge is -1.92. The fraction of sp³-hybridized carbons (Fsp3) is 0.500. The summed E-state index contributed by atoms with van der Waals surface area (Å²) in [5.74, 6) is 0. The Morgan fingerprint density at radius 2 is 2.25 bits per heavy atom. The molecule has 0 saturated heterocycles. The summed E-state index contributed by atoms with van der Waals surface area (Å²) < 4.78 is 0. The Hall–Kier alpha value is -0.510. The number of carbonyl (C=O) groups is 1. The van der Waals surface area contributed by atoms with E-state index >= 15 is 0 Å². The Labute approximate surface area is 52.4 Å². The molecule has 0 aliphatic carbocycles. The van der Waals surface area contributed by atoms with Crippen LogP contribution in [0.2, 0.25) is 0 Å². The highest BCUT2D eigenvalue weighted by molar-refractivity contribution is 8.26. The average molecular weight is 132 g/mol. The van der Waals surface area contributed by atoms with E-state index in [1.54, 1.807) is 6.92 Å². The Kier molecular flexibility index (Phi) is 3.26. The quantitative estimate of drug-likeness (QED) is 0.382. The van der Waals surface area contributed by atoms with E-state index in [1.807, 2.05) is 0 Å². The summed E-state index contributed by atoms with van der Waals surface area (Å²) >= 11 is 0.888. The van der Waals surface area contributed by atoms with Crippen molar-refractivity contribution >= 4 is 22.0 Å². The molecule has 0 saturated carbocycles. The second kappa shape index (κ2) is 3.49. The summed E-state index contributed by atoms with van der Waals surface area (Å²) in [4.78, 5) is 10.3. The van der Waals surface area contributed by atoms with Gasteiger partial charge in [0.2, 0.25) is 0 Å². The van der Waals surface area contributed by atoms with E-state index < -0.39 is 0 Å². The molecule has 0 radical (unpaired) electrons. The predicted molar refractivity (Wildman–Crippen MR) is 35.4 cm³/mol. The Balaban J connectivity index is 3.40. The molecular formula is C4H8N2OS. The van der Waals surface area contributed by atoms with Gasteiger partial charge in [-0.3, -0.25) is 10.2 Å². The second-order valence-electron chi connectivity index (χ2n) is 1.20. The second-order valence-corrected chi connectivity index (χ2v) is 2.38. The summed E-state index contributed by atoms with van der Waals surface area (Å²) in [6.45, 7) is 1.57. The number of rotatable bonds is 0. The molecule has 0 aromatic heterocycles. The van der Waals surface area contributed by atoms with Crippen molar-refractivity contribution in [2.75, 3.05) is 7.05 Å². The van der Waals surface area contributed by atoms with Gasteiger partial charge in [-0.05, 0) is 18.7 Å². The van der Waals surface area contributed by atoms with Gasteiger partial charge in [0, 0.05) is 7.05 Å². The highest BCUT2D eigenvalue weighted by Gasteiger charge is 1.96. The zero-order valence-electron chi connectivity index (χ0n) is 4.82.